The number of amides is 1. The normalized spacial score (nSPS) is 11.2. The third-order valence-electron chi connectivity index (χ3n) is 3.38. The van der Waals surface area contributed by atoms with Crippen molar-refractivity contribution < 1.29 is 4.79 Å². The highest BCUT2D eigenvalue weighted by atomic mass is 32.1. The monoisotopic (exact) mass is 341 g/mol. The van der Waals surface area contributed by atoms with Crippen LogP contribution >= 0.6 is 11.3 Å². The third-order valence-corrected chi connectivity index (χ3v) is 4.17. The smallest absolute Gasteiger partial charge is 0.267 e. The van der Waals surface area contributed by atoms with E-state index in [0.29, 0.717) is 23.0 Å². The molecule has 122 valence electrons. The Balaban J connectivity index is 1.93. The summed E-state index contributed by atoms with van der Waals surface area (Å²) >= 11 is 1.50. The van der Waals surface area contributed by atoms with Gasteiger partial charge in [0.25, 0.3) is 11.5 Å². The maximum atomic E-state index is 12.4. The quantitative estimate of drug-likeness (QED) is 0.580. The topological polar surface area (TPSA) is 89.2 Å². The van der Waals surface area contributed by atoms with Crippen molar-refractivity contribution in [2.24, 2.45) is 5.10 Å². The van der Waals surface area contributed by atoms with E-state index < -0.39 is 5.91 Å². The van der Waals surface area contributed by atoms with E-state index in [1.807, 2.05) is 12.3 Å². The van der Waals surface area contributed by atoms with E-state index in [9.17, 15) is 9.59 Å². The van der Waals surface area contributed by atoms with Gasteiger partial charge in [0.1, 0.15) is 0 Å². The van der Waals surface area contributed by atoms with Gasteiger partial charge in [-0.05, 0) is 19.9 Å². The van der Waals surface area contributed by atoms with Crippen molar-refractivity contribution in [2.45, 2.75) is 20.4 Å². The molecule has 24 heavy (non-hydrogen) atoms. The molecule has 0 saturated carbocycles. The molecule has 0 bridgehead atoms. The van der Waals surface area contributed by atoms with E-state index in [-0.39, 0.29) is 11.3 Å². The Labute approximate surface area is 141 Å². The largest absolute Gasteiger partial charge is 0.292 e. The van der Waals surface area contributed by atoms with Crippen LogP contribution in [0.3, 0.4) is 0 Å². The number of fused-ring (bicyclic) bond motifs is 1. The van der Waals surface area contributed by atoms with Crippen LogP contribution in [0.5, 0.6) is 0 Å². The number of rotatable bonds is 4. The summed E-state index contributed by atoms with van der Waals surface area (Å²) in [4.78, 5) is 28.9. The molecule has 1 amide bonds. The molecule has 3 rings (SSSR count). The molecule has 0 fully saturated rings. The average molecular weight is 341 g/mol. The molecule has 0 atom stereocenters. The Morgan fingerprint density at radius 2 is 2.12 bits per heavy atom. The molecule has 2 heterocycles. The molecular weight excluding hydrogens is 326 g/mol. The molecule has 0 saturated heterocycles. The minimum Gasteiger partial charge on any atom is -0.267 e. The highest BCUT2D eigenvalue weighted by molar-refractivity contribution is 7.09. The second kappa shape index (κ2) is 6.71. The van der Waals surface area contributed by atoms with E-state index in [0.717, 1.165) is 5.01 Å². The zero-order chi connectivity index (χ0) is 17.1. The number of carbonyl (C=O) groups excluding carboxylic acids is 1. The number of aromatic nitrogens is 3. The second-order valence-corrected chi connectivity index (χ2v) is 6.07. The summed E-state index contributed by atoms with van der Waals surface area (Å²) < 4.78 is 1.27. The third kappa shape index (κ3) is 3.09. The van der Waals surface area contributed by atoms with Crippen molar-refractivity contribution in [1.82, 2.24) is 20.2 Å². The van der Waals surface area contributed by atoms with Gasteiger partial charge in [0.15, 0.2) is 5.69 Å². The maximum absolute atomic E-state index is 12.4. The van der Waals surface area contributed by atoms with E-state index in [1.165, 1.54) is 22.2 Å². The zero-order valence-electron chi connectivity index (χ0n) is 13.2. The first-order valence-electron chi connectivity index (χ1n) is 7.35. The van der Waals surface area contributed by atoms with Gasteiger partial charge < -0.3 is 0 Å². The fourth-order valence-electron chi connectivity index (χ4n) is 2.27. The summed E-state index contributed by atoms with van der Waals surface area (Å²) in [6.07, 6.45) is 1.47. The Bertz CT molecular complexity index is 990. The van der Waals surface area contributed by atoms with Crippen LogP contribution in [0.15, 0.2) is 39.5 Å². The molecule has 0 spiro atoms. The van der Waals surface area contributed by atoms with Crippen LogP contribution in [-0.4, -0.2) is 26.9 Å². The SMILES string of the molecule is CCn1nc(C(=O)N/N=C\c2csc(C)n2)c2ccccc2c1=O. The minimum atomic E-state index is -0.475. The lowest BCUT2D eigenvalue weighted by molar-refractivity contribution is 0.0949. The van der Waals surface area contributed by atoms with Gasteiger partial charge in [-0.1, -0.05) is 18.2 Å². The van der Waals surface area contributed by atoms with Gasteiger partial charge in [-0.25, -0.2) is 15.1 Å². The van der Waals surface area contributed by atoms with Gasteiger partial charge in [-0.2, -0.15) is 10.2 Å². The average Bonchev–Trinajstić information content (AvgIpc) is 3.00. The molecule has 8 heteroatoms. The lowest BCUT2D eigenvalue weighted by Gasteiger charge is -2.08. The number of nitrogens with zero attached hydrogens (tertiary/aromatic N) is 4. The first-order chi connectivity index (χ1) is 11.6. The standard InChI is InChI=1S/C16H15N5O2S/c1-3-21-16(23)13-7-5-4-6-12(13)14(20-21)15(22)19-17-8-11-9-24-10(2)18-11/h4-9H,3H2,1-2H3,(H,19,22)/b17-8-. The molecule has 2 aromatic heterocycles. The number of hydrogen-bond acceptors (Lipinski definition) is 6. The zero-order valence-corrected chi connectivity index (χ0v) is 14.0. The minimum absolute atomic E-state index is 0.165. The Morgan fingerprint density at radius 3 is 2.79 bits per heavy atom. The number of thiazole rings is 1. The Hall–Kier alpha value is -2.87. The maximum Gasteiger partial charge on any atom is 0.292 e. The van der Waals surface area contributed by atoms with Gasteiger partial charge in [-0.3, -0.25) is 9.59 Å². The summed E-state index contributed by atoms with van der Waals surface area (Å²) in [5, 5.41) is 11.8. The molecule has 0 aliphatic carbocycles. The van der Waals surface area contributed by atoms with Gasteiger partial charge >= 0.3 is 0 Å². The van der Waals surface area contributed by atoms with Crippen LogP contribution in [0.2, 0.25) is 0 Å². The van der Waals surface area contributed by atoms with Crippen LogP contribution in [0, 0.1) is 6.92 Å². The van der Waals surface area contributed by atoms with E-state index in [1.54, 1.807) is 31.2 Å². The Kier molecular flexibility index (Phi) is 4.48. The molecule has 0 aliphatic rings. The summed E-state index contributed by atoms with van der Waals surface area (Å²) in [6, 6.07) is 6.90. The summed E-state index contributed by atoms with van der Waals surface area (Å²) in [7, 11) is 0. The van der Waals surface area contributed by atoms with E-state index in [2.05, 4.69) is 20.6 Å². The lowest BCUT2D eigenvalue weighted by atomic mass is 10.1. The van der Waals surface area contributed by atoms with Crippen LogP contribution in [-0.2, 0) is 6.54 Å². The summed E-state index contributed by atoms with van der Waals surface area (Å²) in [5.74, 6) is -0.475. The number of hydrogen-bond donors (Lipinski definition) is 1. The van der Waals surface area contributed by atoms with Crippen molar-refractivity contribution in [1.29, 1.82) is 0 Å². The molecule has 1 N–H and O–H groups in total. The number of benzene rings is 1. The van der Waals surface area contributed by atoms with E-state index >= 15 is 0 Å². The van der Waals surface area contributed by atoms with Crippen molar-refractivity contribution in [3.05, 3.63) is 56.4 Å². The van der Waals surface area contributed by atoms with Crippen LogP contribution in [0.4, 0.5) is 0 Å². The van der Waals surface area contributed by atoms with Crippen LogP contribution < -0.4 is 11.0 Å². The van der Waals surface area contributed by atoms with Gasteiger partial charge in [0.05, 0.1) is 22.3 Å². The molecule has 0 radical (unpaired) electrons. The number of carbonyl (C=O) groups is 1. The number of hydrazone groups is 1. The fourth-order valence-corrected chi connectivity index (χ4v) is 2.83. The van der Waals surface area contributed by atoms with Crippen molar-refractivity contribution >= 4 is 34.2 Å². The van der Waals surface area contributed by atoms with Crippen LogP contribution in [0.1, 0.15) is 28.1 Å². The molecule has 1 aromatic carbocycles. The first kappa shape index (κ1) is 16.0. The predicted molar refractivity (Wildman–Crippen MR) is 93.6 cm³/mol. The molecule has 0 unspecified atom stereocenters. The lowest BCUT2D eigenvalue weighted by Crippen LogP contribution is -2.28. The second-order valence-electron chi connectivity index (χ2n) is 5.01. The van der Waals surface area contributed by atoms with Gasteiger partial charge in [-0.15, -0.1) is 11.3 Å². The Morgan fingerprint density at radius 1 is 1.38 bits per heavy atom. The molecule has 7 nitrogen and oxygen atoms in total. The first-order valence-corrected chi connectivity index (χ1v) is 8.23. The summed E-state index contributed by atoms with van der Waals surface area (Å²) in [5.41, 5.74) is 3.06. The highest BCUT2D eigenvalue weighted by Crippen LogP contribution is 2.13. The van der Waals surface area contributed by atoms with Crippen molar-refractivity contribution in [3.8, 4) is 0 Å². The molecule has 3 aromatic rings. The predicted octanol–water partition coefficient (Wildman–Crippen LogP) is 1.95. The van der Waals surface area contributed by atoms with E-state index in [4.69, 9.17) is 0 Å². The van der Waals surface area contributed by atoms with Gasteiger partial charge in [0.2, 0.25) is 0 Å². The number of nitrogens with one attached hydrogen (secondary N) is 1. The van der Waals surface area contributed by atoms with Gasteiger partial charge in [0, 0.05) is 17.3 Å². The molecule has 0 aliphatic heterocycles. The fraction of sp³-hybridized carbons (Fsp3) is 0.188. The number of aryl methyl sites for hydroxylation is 2. The van der Waals surface area contributed by atoms with Crippen molar-refractivity contribution in [3.63, 3.8) is 0 Å². The molecular formula is C16H15N5O2S. The van der Waals surface area contributed by atoms with Crippen LogP contribution in [0.25, 0.3) is 10.8 Å². The summed E-state index contributed by atoms with van der Waals surface area (Å²) in [6.45, 7) is 4.07. The van der Waals surface area contributed by atoms with Crippen molar-refractivity contribution in [2.75, 3.05) is 0 Å². The highest BCUT2D eigenvalue weighted by Gasteiger charge is 2.15.